The number of rotatable bonds is 8. The third kappa shape index (κ3) is 6.06. The molecule has 0 aromatic heterocycles. The van der Waals surface area contributed by atoms with Gasteiger partial charge in [-0.3, -0.25) is 0 Å². The van der Waals surface area contributed by atoms with Gasteiger partial charge in [0.25, 0.3) is 0 Å². The highest BCUT2D eigenvalue weighted by Gasteiger charge is 2.06. The van der Waals surface area contributed by atoms with E-state index in [1.54, 1.807) is 6.07 Å². The summed E-state index contributed by atoms with van der Waals surface area (Å²) in [6.07, 6.45) is 0.641. The molecule has 27 heavy (non-hydrogen) atoms. The fraction of sp³-hybridized carbons (Fsp3) is 0.182. The summed E-state index contributed by atoms with van der Waals surface area (Å²) in [7, 11) is 0. The third-order valence-electron chi connectivity index (χ3n) is 4.17. The van der Waals surface area contributed by atoms with E-state index in [1.807, 2.05) is 54.6 Å². The average molecular weight is 449 g/mol. The Labute approximate surface area is 172 Å². The lowest BCUT2D eigenvalue weighted by Crippen LogP contribution is -2.17. The molecule has 140 valence electrons. The van der Waals surface area contributed by atoms with Crippen LogP contribution in [-0.4, -0.2) is 6.54 Å². The van der Waals surface area contributed by atoms with E-state index in [0.29, 0.717) is 31.1 Å². The van der Waals surface area contributed by atoms with Gasteiger partial charge in [0.15, 0.2) is 0 Å². The fourth-order valence-electron chi connectivity index (χ4n) is 2.72. The molecular weight excluding hydrogens is 429 g/mol. The van der Waals surface area contributed by atoms with Crippen LogP contribution in [0.1, 0.15) is 16.7 Å². The minimum absolute atomic E-state index is 0.159. The Hall–Kier alpha value is -1.88. The summed E-state index contributed by atoms with van der Waals surface area (Å²) >= 11 is 9.43. The second-order valence-electron chi connectivity index (χ2n) is 6.19. The van der Waals surface area contributed by atoms with E-state index < -0.39 is 0 Å². The summed E-state index contributed by atoms with van der Waals surface area (Å²) in [6.45, 7) is 1.80. The molecule has 0 atom stereocenters. The van der Waals surface area contributed by atoms with E-state index >= 15 is 0 Å². The smallest absolute Gasteiger partial charge is 0.126 e. The Balaban J connectivity index is 1.57. The molecular formula is C22H20BrClFNO. The van der Waals surface area contributed by atoms with Gasteiger partial charge in [-0.2, -0.15) is 0 Å². The Morgan fingerprint density at radius 2 is 1.74 bits per heavy atom. The quantitative estimate of drug-likeness (QED) is 0.417. The molecule has 0 aliphatic rings. The molecule has 0 saturated heterocycles. The number of hydrogen-bond donors (Lipinski definition) is 1. The van der Waals surface area contributed by atoms with Crippen LogP contribution in [0.25, 0.3) is 0 Å². The van der Waals surface area contributed by atoms with Crippen LogP contribution in [0.4, 0.5) is 4.39 Å². The van der Waals surface area contributed by atoms with Gasteiger partial charge < -0.3 is 10.1 Å². The molecule has 3 aromatic rings. The third-order valence-corrected chi connectivity index (χ3v) is 4.92. The summed E-state index contributed by atoms with van der Waals surface area (Å²) in [6, 6.07) is 20.4. The van der Waals surface area contributed by atoms with Crippen molar-refractivity contribution in [2.45, 2.75) is 19.6 Å². The zero-order chi connectivity index (χ0) is 19.1. The van der Waals surface area contributed by atoms with Crippen molar-refractivity contribution >= 4 is 27.5 Å². The highest BCUT2D eigenvalue weighted by atomic mass is 79.9. The van der Waals surface area contributed by atoms with Crippen LogP contribution in [0.15, 0.2) is 71.2 Å². The number of nitrogens with one attached hydrogen (secondary N) is 1. The van der Waals surface area contributed by atoms with E-state index in [2.05, 4.69) is 21.2 Å². The molecule has 2 nitrogen and oxygen atoms in total. The van der Waals surface area contributed by atoms with Crippen LogP contribution >= 0.6 is 27.5 Å². The number of ether oxygens (including phenoxy) is 1. The molecule has 0 saturated carbocycles. The van der Waals surface area contributed by atoms with Crippen LogP contribution < -0.4 is 10.1 Å². The van der Waals surface area contributed by atoms with Gasteiger partial charge in [0.1, 0.15) is 18.2 Å². The first-order valence-electron chi connectivity index (χ1n) is 8.71. The standard InChI is InChI=1S/C22H20BrClFNO/c23-19-7-10-22(27-15-16-5-8-20(24)9-6-16)18(13-19)14-26-12-11-17-3-1-2-4-21(17)25/h1-10,13,26H,11-12,14-15H2. The highest BCUT2D eigenvalue weighted by molar-refractivity contribution is 9.10. The van der Waals surface area contributed by atoms with E-state index in [-0.39, 0.29) is 5.82 Å². The first kappa shape index (κ1) is 19.9. The Morgan fingerprint density at radius 3 is 2.52 bits per heavy atom. The van der Waals surface area contributed by atoms with Crippen LogP contribution in [-0.2, 0) is 19.6 Å². The topological polar surface area (TPSA) is 21.3 Å². The molecule has 5 heteroatoms. The summed E-state index contributed by atoms with van der Waals surface area (Å²) in [5.74, 6) is 0.667. The van der Waals surface area contributed by atoms with E-state index in [9.17, 15) is 4.39 Å². The monoisotopic (exact) mass is 447 g/mol. The Bertz CT molecular complexity index is 886. The molecule has 0 aliphatic heterocycles. The minimum atomic E-state index is -0.159. The van der Waals surface area contributed by atoms with E-state index in [0.717, 1.165) is 26.9 Å². The van der Waals surface area contributed by atoms with Crippen molar-refractivity contribution in [1.29, 1.82) is 0 Å². The first-order valence-corrected chi connectivity index (χ1v) is 9.89. The van der Waals surface area contributed by atoms with Crippen molar-refractivity contribution in [2.24, 2.45) is 0 Å². The Kier molecular flexibility index (Phi) is 7.27. The van der Waals surface area contributed by atoms with Crippen molar-refractivity contribution in [3.05, 3.63) is 98.7 Å². The zero-order valence-electron chi connectivity index (χ0n) is 14.7. The van der Waals surface area contributed by atoms with E-state index in [1.165, 1.54) is 6.07 Å². The molecule has 0 unspecified atom stereocenters. The van der Waals surface area contributed by atoms with Crippen molar-refractivity contribution in [2.75, 3.05) is 6.54 Å². The lowest BCUT2D eigenvalue weighted by atomic mass is 10.1. The molecule has 0 fully saturated rings. The van der Waals surface area contributed by atoms with Gasteiger partial charge in [-0.1, -0.05) is 57.9 Å². The van der Waals surface area contributed by atoms with Gasteiger partial charge in [0, 0.05) is 21.6 Å². The normalized spacial score (nSPS) is 10.8. The molecule has 3 aromatic carbocycles. The van der Waals surface area contributed by atoms with Crippen LogP contribution in [0.3, 0.4) is 0 Å². The van der Waals surface area contributed by atoms with Gasteiger partial charge >= 0.3 is 0 Å². The van der Waals surface area contributed by atoms with Gasteiger partial charge in [0.2, 0.25) is 0 Å². The summed E-state index contributed by atoms with van der Waals surface area (Å²) < 4.78 is 20.7. The molecule has 0 aliphatic carbocycles. The largest absolute Gasteiger partial charge is 0.489 e. The molecule has 0 radical (unpaired) electrons. The highest BCUT2D eigenvalue weighted by Crippen LogP contribution is 2.24. The van der Waals surface area contributed by atoms with Crippen LogP contribution in [0, 0.1) is 5.82 Å². The molecule has 1 N–H and O–H groups in total. The maximum Gasteiger partial charge on any atom is 0.126 e. The van der Waals surface area contributed by atoms with Crippen molar-refractivity contribution in [3.63, 3.8) is 0 Å². The predicted octanol–water partition coefficient (Wildman–Crippen LogP) is 6.15. The number of halogens is 3. The van der Waals surface area contributed by atoms with E-state index in [4.69, 9.17) is 16.3 Å². The zero-order valence-corrected chi connectivity index (χ0v) is 17.1. The van der Waals surface area contributed by atoms with Gasteiger partial charge in [-0.25, -0.2) is 4.39 Å². The first-order chi connectivity index (χ1) is 13.1. The maximum absolute atomic E-state index is 13.7. The average Bonchev–Trinajstić information content (AvgIpc) is 2.67. The lowest BCUT2D eigenvalue weighted by molar-refractivity contribution is 0.302. The number of benzene rings is 3. The van der Waals surface area contributed by atoms with Crippen molar-refractivity contribution in [1.82, 2.24) is 5.32 Å². The Morgan fingerprint density at radius 1 is 0.963 bits per heavy atom. The fourth-order valence-corrected chi connectivity index (χ4v) is 3.25. The number of hydrogen-bond acceptors (Lipinski definition) is 2. The molecule has 0 bridgehead atoms. The maximum atomic E-state index is 13.7. The lowest BCUT2D eigenvalue weighted by Gasteiger charge is -2.13. The molecule has 0 heterocycles. The van der Waals surface area contributed by atoms with Gasteiger partial charge in [0.05, 0.1) is 0 Å². The molecule has 0 spiro atoms. The second kappa shape index (κ2) is 9.88. The minimum Gasteiger partial charge on any atom is -0.489 e. The summed E-state index contributed by atoms with van der Waals surface area (Å²) in [5.41, 5.74) is 2.83. The van der Waals surface area contributed by atoms with Crippen molar-refractivity contribution in [3.8, 4) is 5.75 Å². The SMILES string of the molecule is Fc1ccccc1CCNCc1cc(Br)ccc1OCc1ccc(Cl)cc1. The van der Waals surface area contributed by atoms with Gasteiger partial charge in [-0.15, -0.1) is 0 Å². The van der Waals surface area contributed by atoms with Crippen molar-refractivity contribution < 1.29 is 9.13 Å². The second-order valence-corrected chi connectivity index (χ2v) is 7.54. The van der Waals surface area contributed by atoms with Crippen LogP contribution in [0.2, 0.25) is 5.02 Å². The molecule has 0 amide bonds. The summed E-state index contributed by atoms with van der Waals surface area (Å²) in [5, 5.41) is 4.08. The van der Waals surface area contributed by atoms with Gasteiger partial charge in [-0.05, 0) is 60.5 Å². The predicted molar refractivity (Wildman–Crippen MR) is 112 cm³/mol. The molecule has 3 rings (SSSR count). The van der Waals surface area contributed by atoms with Crippen LogP contribution in [0.5, 0.6) is 5.75 Å². The summed E-state index contributed by atoms with van der Waals surface area (Å²) in [4.78, 5) is 0.